The number of hydrogen-bond acceptors (Lipinski definition) is 10. The summed E-state index contributed by atoms with van der Waals surface area (Å²) in [5.41, 5.74) is 0.127. The first-order valence-corrected chi connectivity index (χ1v) is 12.4. The molecule has 2 aromatic carbocycles. The molecule has 1 amide bonds. The van der Waals surface area contributed by atoms with Gasteiger partial charge in [-0.1, -0.05) is 32.9 Å². The van der Waals surface area contributed by atoms with Crippen molar-refractivity contribution in [2.24, 2.45) is 11.3 Å². The molecule has 4 rings (SSSR count). The van der Waals surface area contributed by atoms with Crippen molar-refractivity contribution in [3.63, 3.8) is 0 Å². The van der Waals surface area contributed by atoms with Crippen LogP contribution in [-0.2, 0) is 41.6 Å². The second-order valence-electron chi connectivity index (χ2n) is 10.5. The normalized spacial score (nSPS) is 18.8. The van der Waals surface area contributed by atoms with Crippen LogP contribution >= 0.6 is 0 Å². The summed E-state index contributed by atoms with van der Waals surface area (Å²) in [7, 11) is 0. The number of carbonyl (C=O) groups excluding carboxylic acids is 3. The fourth-order valence-corrected chi connectivity index (χ4v) is 4.45. The van der Waals surface area contributed by atoms with Gasteiger partial charge < -0.3 is 14.2 Å². The van der Waals surface area contributed by atoms with Gasteiger partial charge >= 0.3 is 11.9 Å². The Morgan fingerprint density at radius 1 is 0.975 bits per heavy atom. The van der Waals surface area contributed by atoms with Crippen molar-refractivity contribution in [3.8, 4) is 0 Å². The second kappa shape index (κ2) is 10.8. The highest BCUT2D eigenvalue weighted by atomic mass is 16.6. The van der Waals surface area contributed by atoms with Crippen LogP contribution in [0.5, 0.6) is 0 Å². The molecule has 0 spiro atoms. The summed E-state index contributed by atoms with van der Waals surface area (Å²) in [6.45, 7) is 6.81. The Balaban J connectivity index is 1.41. The van der Waals surface area contributed by atoms with Crippen molar-refractivity contribution in [2.45, 2.75) is 53.1 Å². The van der Waals surface area contributed by atoms with Crippen LogP contribution < -0.4 is 0 Å². The highest BCUT2D eigenvalue weighted by Crippen LogP contribution is 2.47. The van der Waals surface area contributed by atoms with Crippen molar-refractivity contribution >= 4 is 29.2 Å². The van der Waals surface area contributed by atoms with E-state index in [9.17, 15) is 34.6 Å². The summed E-state index contributed by atoms with van der Waals surface area (Å²) in [5.74, 6) is -2.50. The van der Waals surface area contributed by atoms with E-state index >= 15 is 0 Å². The number of amides is 1. The Hall–Kier alpha value is -4.81. The topological polar surface area (TPSA) is 168 Å². The van der Waals surface area contributed by atoms with Gasteiger partial charge in [-0.05, 0) is 30.2 Å². The quantitative estimate of drug-likeness (QED) is 0.193. The van der Waals surface area contributed by atoms with Crippen LogP contribution in [0.25, 0.3) is 0 Å². The summed E-state index contributed by atoms with van der Waals surface area (Å²) in [6, 6.07) is 11.0. The zero-order chi connectivity index (χ0) is 29.4. The first kappa shape index (κ1) is 28.2. The highest BCUT2D eigenvalue weighted by molar-refractivity contribution is 5.99. The molecule has 0 radical (unpaired) electrons. The third-order valence-electron chi connectivity index (χ3n) is 6.49. The Morgan fingerprint density at radius 3 is 2.00 bits per heavy atom. The number of nitro groups is 2. The van der Waals surface area contributed by atoms with E-state index in [1.807, 2.05) is 20.8 Å². The fourth-order valence-electron chi connectivity index (χ4n) is 4.45. The predicted molar refractivity (Wildman–Crippen MR) is 137 cm³/mol. The molecular formula is C27H27N3O10. The van der Waals surface area contributed by atoms with Gasteiger partial charge in [-0.2, -0.15) is 0 Å². The van der Waals surface area contributed by atoms with Gasteiger partial charge in [0.15, 0.2) is 11.9 Å². The minimum Gasteiger partial charge on any atom is -0.470 e. The number of nitrogens with zero attached hydrogens (tertiary/aromatic N) is 3. The number of fused-ring (bicyclic) bond motifs is 1. The highest BCUT2D eigenvalue weighted by Gasteiger charge is 2.61. The average Bonchev–Trinajstić information content (AvgIpc) is 3.23. The molecule has 0 bridgehead atoms. The first-order chi connectivity index (χ1) is 18.8. The molecule has 210 valence electrons. The molecule has 2 aliphatic rings. The summed E-state index contributed by atoms with van der Waals surface area (Å²) < 4.78 is 16.9. The van der Waals surface area contributed by atoms with E-state index in [0.29, 0.717) is 11.1 Å². The Labute approximate surface area is 228 Å². The fraction of sp³-hybridized carbons (Fsp3) is 0.370. The minimum atomic E-state index is -0.879. The molecule has 2 aliphatic heterocycles. The van der Waals surface area contributed by atoms with Gasteiger partial charge in [0.1, 0.15) is 24.4 Å². The van der Waals surface area contributed by atoms with E-state index in [1.165, 1.54) is 53.4 Å². The van der Waals surface area contributed by atoms with Crippen LogP contribution in [0.1, 0.15) is 38.8 Å². The van der Waals surface area contributed by atoms with Crippen molar-refractivity contribution in [2.75, 3.05) is 0 Å². The standard InChI is InChI=1S/C27H27N3O10/c1-15(39-20(31)13-16-5-9-18(10-6-16)29(34)35)21-24(32)28-22(23(27(2,3)4)40-25(21)28)26(33)38-14-17-7-11-19(12-8-17)30(36)37/h5-12,15,21,25H,13-14H2,1-4H3. The zero-order valence-corrected chi connectivity index (χ0v) is 22.2. The largest absolute Gasteiger partial charge is 0.470 e. The Kier molecular flexibility index (Phi) is 7.58. The molecule has 2 heterocycles. The van der Waals surface area contributed by atoms with Gasteiger partial charge in [-0.25, -0.2) is 4.79 Å². The van der Waals surface area contributed by atoms with Gasteiger partial charge in [-0.3, -0.25) is 34.7 Å². The first-order valence-electron chi connectivity index (χ1n) is 12.4. The van der Waals surface area contributed by atoms with Crippen LogP contribution in [-0.4, -0.2) is 44.9 Å². The van der Waals surface area contributed by atoms with E-state index in [0.717, 1.165) is 0 Å². The second-order valence-corrected chi connectivity index (χ2v) is 10.5. The smallest absolute Gasteiger partial charge is 0.359 e. The lowest BCUT2D eigenvalue weighted by Gasteiger charge is -2.43. The molecule has 3 unspecified atom stereocenters. The monoisotopic (exact) mass is 553 g/mol. The van der Waals surface area contributed by atoms with E-state index in [1.54, 1.807) is 6.92 Å². The lowest BCUT2D eigenvalue weighted by Crippen LogP contribution is -2.63. The SMILES string of the molecule is CC(OC(=O)Cc1ccc([N+](=O)[O-])cc1)C1C(=O)N2C(C(=O)OCc3ccc([N+](=O)[O-])cc3)=C(C(C)(C)C)OC12. The predicted octanol–water partition coefficient (Wildman–Crippen LogP) is 3.79. The molecule has 0 aliphatic carbocycles. The molecule has 0 saturated carbocycles. The van der Waals surface area contributed by atoms with Crippen molar-refractivity contribution in [1.82, 2.24) is 4.90 Å². The summed E-state index contributed by atoms with van der Waals surface area (Å²) in [4.78, 5) is 60.6. The van der Waals surface area contributed by atoms with Crippen LogP contribution in [0.4, 0.5) is 11.4 Å². The van der Waals surface area contributed by atoms with E-state index < -0.39 is 51.4 Å². The maximum atomic E-state index is 13.2. The molecule has 13 heteroatoms. The summed E-state index contributed by atoms with van der Waals surface area (Å²) in [5, 5.41) is 21.7. The summed E-state index contributed by atoms with van der Waals surface area (Å²) in [6.07, 6.45) is -1.90. The Bertz CT molecular complexity index is 1390. The molecular weight excluding hydrogens is 526 g/mol. The number of β-lactam (4-membered cyclic amide) rings is 1. The van der Waals surface area contributed by atoms with Crippen LogP contribution in [0, 0.1) is 31.6 Å². The number of carbonyl (C=O) groups is 3. The van der Waals surface area contributed by atoms with Gasteiger partial charge in [0, 0.05) is 29.7 Å². The number of non-ortho nitro benzene ring substituents is 2. The van der Waals surface area contributed by atoms with Crippen LogP contribution in [0.2, 0.25) is 0 Å². The zero-order valence-electron chi connectivity index (χ0n) is 22.2. The van der Waals surface area contributed by atoms with E-state index in [-0.39, 0.29) is 35.9 Å². The number of rotatable bonds is 9. The number of ether oxygens (including phenoxy) is 3. The molecule has 1 saturated heterocycles. The average molecular weight is 554 g/mol. The summed E-state index contributed by atoms with van der Waals surface area (Å²) >= 11 is 0. The number of nitro benzene ring substituents is 2. The minimum absolute atomic E-state index is 0.0370. The third kappa shape index (κ3) is 5.63. The molecule has 3 atom stereocenters. The lowest BCUT2D eigenvalue weighted by atomic mass is 9.89. The van der Waals surface area contributed by atoms with E-state index in [2.05, 4.69) is 0 Å². The van der Waals surface area contributed by atoms with Gasteiger partial charge in [0.2, 0.25) is 5.91 Å². The molecule has 13 nitrogen and oxygen atoms in total. The number of esters is 2. The van der Waals surface area contributed by atoms with Crippen LogP contribution in [0.15, 0.2) is 60.0 Å². The molecule has 0 aromatic heterocycles. The van der Waals surface area contributed by atoms with Gasteiger partial charge in [0.25, 0.3) is 11.4 Å². The van der Waals surface area contributed by atoms with Crippen molar-refractivity contribution < 1.29 is 38.4 Å². The molecule has 1 fully saturated rings. The van der Waals surface area contributed by atoms with Gasteiger partial charge in [-0.15, -0.1) is 0 Å². The number of hydrogen-bond donors (Lipinski definition) is 0. The lowest BCUT2D eigenvalue weighted by molar-refractivity contribution is -0.385. The number of benzene rings is 2. The third-order valence-corrected chi connectivity index (χ3v) is 6.49. The molecule has 40 heavy (non-hydrogen) atoms. The maximum absolute atomic E-state index is 13.2. The maximum Gasteiger partial charge on any atom is 0.359 e. The van der Waals surface area contributed by atoms with Crippen molar-refractivity contribution in [3.05, 3.63) is 91.3 Å². The van der Waals surface area contributed by atoms with Crippen LogP contribution in [0.3, 0.4) is 0 Å². The molecule has 2 aromatic rings. The van der Waals surface area contributed by atoms with E-state index in [4.69, 9.17) is 14.2 Å². The van der Waals surface area contributed by atoms with Gasteiger partial charge in [0.05, 0.1) is 16.3 Å². The number of allylic oxidation sites excluding steroid dienone is 1. The van der Waals surface area contributed by atoms with Crippen molar-refractivity contribution in [1.29, 1.82) is 0 Å². The molecule has 0 N–H and O–H groups in total. The Morgan fingerprint density at radius 2 is 1.50 bits per heavy atom.